The highest BCUT2D eigenvalue weighted by atomic mass is 19.1. The summed E-state index contributed by atoms with van der Waals surface area (Å²) in [5.74, 6) is 0.0700. The molecular weight excluding hydrogens is 375 g/mol. The van der Waals surface area contributed by atoms with Gasteiger partial charge in [0.2, 0.25) is 5.91 Å². The van der Waals surface area contributed by atoms with Crippen molar-refractivity contribution >= 4 is 17.6 Å². The van der Waals surface area contributed by atoms with Crippen LogP contribution in [0.3, 0.4) is 0 Å². The summed E-state index contributed by atoms with van der Waals surface area (Å²) in [5.41, 5.74) is 1.32. The van der Waals surface area contributed by atoms with Crippen LogP contribution in [-0.2, 0) is 11.2 Å². The number of urea groups is 1. The number of carbonyl (C=O) groups is 2. The zero-order valence-corrected chi connectivity index (χ0v) is 16.4. The van der Waals surface area contributed by atoms with Gasteiger partial charge in [-0.1, -0.05) is 0 Å². The fourth-order valence-electron chi connectivity index (χ4n) is 3.28. The predicted octanol–water partition coefficient (Wildman–Crippen LogP) is 2.97. The molecule has 154 valence electrons. The monoisotopic (exact) mass is 400 g/mol. The first-order chi connectivity index (χ1) is 14.0. The molecule has 1 aromatic carbocycles. The molecule has 0 aliphatic carbocycles. The third kappa shape index (κ3) is 6.44. The third-order valence-corrected chi connectivity index (χ3v) is 4.68. The van der Waals surface area contributed by atoms with E-state index in [2.05, 4.69) is 15.6 Å². The number of ether oxygens (including phenoxy) is 1. The summed E-state index contributed by atoms with van der Waals surface area (Å²) >= 11 is 0. The molecule has 1 saturated heterocycles. The van der Waals surface area contributed by atoms with Crippen LogP contribution in [0.25, 0.3) is 0 Å². The first kappa shape index (κ1) is 20.6. The van der Waals surface area contributed by atoms with Gasteiger partial charge in [-0.3, -0.25) is 9.78 Å². The highest BCUT2D eigenvalue weighted by molar-refractivity contribution is 5.88. The molecule has 3 rings (SSSR count). The van der Waals surface area contributed by atoms with Gasteiger partial charge in [-0.15, -0.1) is 0 Å². The number of benzene rings is 1. The van der Waals surface area contributed by atoms with Crippen molar-refractivity contribution in [1.29, 1.82) is 0 Å². The van der Waals surface area contributed by atoms with Gasteiger partial charge in [0.05, 0.1) is 18.4 Å². The van der Waals surface area contributed by atoms with Crippen LogP contribution in [0, 0.1) is 5.82 Å². The zero-order valence-electron chi connectivity index (χ0n) is 16.4. The van der Waals surface area contributed by atoms with E-state index in [1.54, 1.807) is 42.4 Å². The number of pyridine rings is 1. The van der Waals surface area contributed by atoms with Crippen LogP contribution in [0.5, 0.6) is 5.75 Å². The maximum absolute atomic E-state index is 14.0. The molecule has 3 amide bonds. The Morgan fingerprint density at radius 3 is 2.97 bits per heavy atom. The van der Waals surface area contributed by atoms with E-state index in [4.69, 9.17) is 4.74 Å². The molecule has 1 atom stereocenters. The second kappa shape index (κ2) is 9.86. The summed E-state index contributed by atoms with van der Waals surface area (Å²) in [5, 5.41) is 5.41. The Morgan fingerprint density at radius 2 is 2.21 bits per heavy atom. The predicted molar refractivity (Wildman–Crippen MR) is 107 cm³/mol. The fourth-order valence-corrected chi connectivity index (χ4v) is 3.28. The Balaban J connectivity index is 1.51. The topological polar surface area (TPSA) is 83.6 Å². The van der Waals surface area contributed by atoms with Crippen molar-refractivity contribution < 1.29 is 18.7 Å². The van der Waals surface area contributed by atoms with Gasteiger partial charge < -0.3 is 20.3 Å². The molecule has 0 unspecified atom stereocenters. The molecule has 2 aromatic rings. The largest absolute Gasteiger partial charge is 0.488 e. The SMILES string of the molecule is CC(=O)N1CCC[C@@H](Oc2cc(F)cc(CCNC(=O)Nc3cccnc3)c2)C1. The minimum Gasteiger partial charge on any atom is -0.488 e. The van der Waals surface area contributed by atoms with E-state index in [0.29, 0.717) is 30.9 Å². The summed E-state index contributed by atoms with van der Waals surface area (Å²) in [6.07, 6.45) is 5.17. The van der Waals surface area contributed by atoms with E-state index in [9.17, 15) is 14.0 Å². The Bertz CT molecular complexity index is 847. The van der Waals surface area contributed by atoms with E-state index in [1.165, 1.54) is 12.1 Å². The van der Waals surface area contributed by atoms with Crippen LogP contribution >= 0.6 is 0 Å². The molecule has 2 heterocycles. The second-order valence-corrected chi connectivity index (χ2v) is 7.01. The molecule has 8 heteroatoms. The smallest absolute Gasteiger partial charge is 0.319 e. The van der Waals surface area contributed by atoms with Gasteiger partial charge in [0.1, 0.15) is 17.7 Å². The molecule has 0 bridgehead atoms. The number of amides is 3. The molecule has 0 spiro atoms. The standard InChI is InChI=1S/C21H25FN4O3/c1-15(27)26-9-3-5-19(14-26)29-20-11-16(10-17(22)12-20)6-8-24-21(28)25-18-4-2-7-23-13-18/h2,4,7,10-13,19H,3,5-6,8-9,14H2,1H3,(H2,24,25,28)/t19-/m1/s1. The van der Waals surface area contributed by atoms with Crippen molar-refractivity contribution in [3.05, 3.63) is 54.1 Å². The molecule has 7 nitrogen and oxygen atoms in total. The van der Waals surface area contributed by atoms with E-state index >= 15 is 0 Å². The number of aromatic nitrogens is 1. The number of nitrogens with one attached hydrogen (secondary N) is 2. The van der Waals surface area contributed by atoms with Crippen LogP contribution in [0.2, 0.25) is 0 Å². The van der Waals surface area contributed by atoms with Gasteiger partial charge >= 0.3 is 6.03 Å². The molecule has 1 fully saturated rings. The Hall–Kier alpha value is -3.16. The van der Waals surface area contributed by atoms with Crippen LogP contribution < -0.4 is 15.4 Å². The quantitative estimate of drug-likeness (QED) is 0.781. The summed E-state index contributed by atoms with van der Waals surface area (Å²) in [7, 11) is 0. The number of hydrogen-bond donors (Lipinski definition) is 2. The Kier molecular flexibility index (Phi) is 6.99. The number of rotatable bonds is 6. The number of carbonyl (C=O) groups excluding carboxylic acids is 2. The van der Waals surface area contributed by atoms with E-state index in [-0.39, 0.29) is 18.0 Å². The van der Waals surface area contributed by atoms with Crippen LogP contribution in [0.4, 0.5) is 14.9 Å². The molecule has 1 aliphatic heterocycles. The first-order valence-corrected chi connectivity index (χ1v) is 9.66. The summed E-state index contributed by atoms with van der Waals surface area (Å²) in [6.45, 7) is 3.13. The van der Waals surface area contributed by atoms with Crippen LogP contribution in [-0.4, -0.2) is 47.6 Å². The summed E-state index contributed by atoms with van der Waals surface area (Å²) in [6, 6.07) is 7.66. The van der Waals surface area contributed by atoms with Crippen molar-refractivity contribution in [2.24, 2.45) is 0 Å². The number of likely N-dealkylation sites (tertiary alicyclic amines) is 1. The van der Waals surface area contributed by atoms with Crippen molar-refractivity contribution in [3.63, 3.8) is 0 Å². The van der Waals surface area contributed by atoms with Crippen molar-refractivity contribution in [3.8, 4) is 5.75 Å². The number of nitrogens with zero attached hydrogens (tertiary/aromatic N) is 2. The number of piperidine rings is 1. The number of halogens is 1. The van der Waals surface area contributed by atoms with Crippen molar-refractivity contribution in [2.45, 2.75) is 32.3 Å². The van der Waals surface area contributed by atoms with Crippen molar-refractivity contribution in [1.82, 2.24) is 15.2 Å². The lowest BCUT2D eigenvalue weighted by atomic mass is 10.1. The van der Waals surface area contributed by atoms with E-state index < -0.39 is 5.82 Å². The highest BCUT2D eigenvalue weighted by Crippen LogP contribution is 2.22. The molecule has 2 N–H and O–H groups in total. The van der Waals surface area contributed by atoms with Crippen molar-refractivity contribution in [2.75, 3.05) is 25.0 Å². The maximum atomic E-state index is 14.0. The molecule has 29 heavy (non-hydrogen) atoms. The average molecular weight is 400 g/mol. The molecular formula is C21H25FN4O3. The average Bonchev–Trinajstić information content (AvgIpc) is 2.68. The fraction of sp³-hybridized carbons (Fsp3) is 0.381. The van der Waals surface area contributed by atoms with Crippen LogP contribution in [0.1, 0.15) is 25.3 Å². The highest BCUT2D eigenvalue weighted by Gasteiger charge is 2.23. The lowest BCUT2D eigenvalue weighted by Gasteiger charge is -2.32. The molecule has 1 aliphatic rings. The van der Waals surface area contributed by atoms with Gasteiger partial charge in [0.25, 0.3) is 0 Å². The normalized spacial score (nSPS) is 16.2. The summed E-state index contributed by atoms with van der Waals surface area (Å²) < 4.78 is 19.9. The van der Waals surface area contributed by atoms with Gasteiger partial charge in [-0.2, -0.15) is 0 Å². The lowest BCUT2D eigenvalue weighted by molar-refractivity contribution is -0.131. The van der Waals surface area contributed by atoms with Gasteiger partial charge in [0, 0.05) is 32.3 Å². The third-order valence-electron chi connectivity index (χ3n) is 4.68. The molecule has 0 radical (unpaired) electrons. The molecule has 0 saturated carbocycles. The van der Waals surface area contributed by atoms with Gasteiger partial charge in [0.15, 0.2) is 0 Å². The first-order valence-electron chi connectivity index (χ1n) is 9.66. The van der Waals surface area contributed by atoms with E-state index in [0.717, 1.165) is 24.9 Å². The lowest BCUT2D eigenvalue weighted by Crippen LogP contribution is -2.43. The Morgan fingerprint density at radius 1 is 1.34 bits per heavy atom. The van der Waals surface area contributed by atoms with Crippen LogP contribution in [0.15, 0.2) is 42.7 Å². The number of hydrogen-bond acceptors (Lipinski definition) is 4. The zero-order chi connectivity index (χ0) is 20.6. The summed E-state index contributed by atoms with van der Waals surface area (Å²) in [4.78, 5) is 29.1. The van der Waals surface area contributed by atoms with Gasteiger partial charge in [-0.25, -0.2) is 9.18 Å². The minimum absolute atomic E-state index is 0.0221. The number of anilines is 1. The second-order valence-electron chi connectivity index (χ2n) is 7.01. The maximum Gasteiger partial charge on any atom is 0.319 e. The Labute approximate surface area is 169 Å². The minimum atomic E-state index is -0.392. The molecule has 1 aromatic heterocycles. The van der Waals surface area contributed by atoms with E-state index in [1.807, 2.05) is 0 Å². The van der Waals surface area contributed by atoms with Gasteiger partial charge in [-0.05, 0) is 49.1 Å².